The largest absolute Gasteiger partial charge is 0.399 e. The van der Waals surface area contributed by atoms with Crippen molar-refractivity contribution >= 4 is 5.69 Å². The second-order valence-electron chi connectivity index (χ2n) is 5.28. The monoisotopic (exact) mass is 232 g/mol. The van der Waals surface area contributed by atoms with Gasteiger partial charge >= 0.3 is 0 Å². The number of benzene rings is 1. The number of nitrogens with zero attached hydrogens (tertiary/aromatic N) is 1. The molecular weight excluding hydrogens is 208 g/mol. The Hall–Kier alpha value is -1.02. The molecular formula is C15H24N2. The van der Waals surface area contributed by atoms with Crippen LogP contribution >= 0.6 is 0 Å². The first kappa shape index (κ1) is 12.4. The van der Waals surface area contributed by atoms with Crippen molar-refractivity contribution in [3.8, 4) is 0 Å². The molecule has 2 atom stereocenters. The van der Waals surface area contributed by atoms with Crippen LogP contribution in [0.5, 0.6) is 0 Å². The summed E-state index contributed by atoms with van der Waals surface area (Å²) < 4.78 is 0. The molecule has 2 N–H and O–H groups in total. The number of rotatable bonds is 4. The molecule has 0 saturated carbocycles. The van der Waals surface area contributed by atoms with E-state index in [4.69, 9.17) is 5.73 Å². The van der Waals surface area contributed by atoms with Crippen molar-refractivity contribution in [1.29, 1.82) is 0 Å². The van der Waals surface area contributed by atoms with Crippen LogP contribution in [0, 0.1) is 5.92 Å². The molecule has 1 fully saturated rings. The van der Waals surface area contributed by atoms with Crippen LogP contribution in [0.15, 0.2) is 24.3 Å². The topological polar surface area (TPSA) is 29.3 Å². The van der Waals surface area contributed by atoms with Gasteiger partial charge in [0.05, 0.1) is 0 Å². The van der Waals surface area contributed by atoms with E-state index in [2.05, 4.69) is 30.9 Å². The van der Waals surface area contributed by atoms with E-state index in [1.807, 2.05) is 12.1 Å². The molecule has 0 aliphatic carbocycles. The lowest BCUT2D eigenvalue weighted by Crippen LogP contribution is -2.24. The lowest BCUT2D eigenvalue weighted by atomic mass is 10.0. The first-order valence-corrected chi connectivity index (χ1v) is 6.80. The third-order valence-electron chi connectivity index (χ3n) is 3.98. The number of hydrogen-bond donors (Lipinski definition) is 1. The highest BCUT2D eigenvalue weighted by Gasteiger charge is 2.25. The quantitative estimate of drug-likeness (QED) is 0.806. The van der Waals surface area contributed by atoms with E-state index in [0.717, 1.165) is 11.6 Å². The smallest absolute Gasteiger partial charge is 0.0320 e. The van der Waals surface area contributed by atoms with Crippen molar-refractivity contribution in [2.45, 2.75) is 39.2 Å². The molecule has 1 aromatic carbocycles. The second-order valence-corrected chi connectivity index (χ2v) is 5.28. The Labute approximate surface area is 105 Å². The van der Waals surface area contributed by atoms with Crippen LogP contribution in [0.3, 0.4) is 0 Å². The van der Waals surface area contributed by atoms with Gasteiger partial charge in [-0.3, -0.25) is 4.90 Å². The number of hydrogen-bond acceptors (Lipinski definition) is 2. The zero-order chi connectivity index (χ0) is 12.3. The predicted molar refractivity (Wildman–Crippen MR) is 73.9 cm³/mol. The highest BCUT2D eigenvalue weighted by molar-refractivity contribution is 5.40. The van der Waals surface area contributed by atoms with Gasteiger partial charge in [0.2, 0.25) is 0 Å². The first-order chi connectivity index (χ1) is 8.20. The zero-order valence-electron chi connectivity index (χ0n) is 11.0. The van der Waals surface area contributed by atoms with Gasteiger partial charge in [0.15, 0.2) is 0 Å². The van der Waals surface area contributed by atoms with Crippen molar-refractivity contribution in [2.75, 3.05) is 18.8 Å². The van der Waals surface area contributed by atoms with Gasteiger partial charge in [-0.2, -0.15) is 0 Å². The Balaban J connectivity index is 1.96. The summed E-state index contributed by atoms with van der Waals surface area (Å²) in [6, 6.07) is 8.86. The fourth-order valence-corrected chi connectivity index (χ4v) is 2.84. The minimum atomic E-state index is 0.525. The normalized spacial score (nSPS) is 22.8. The molecule has 17 heavy (non-hydrogen) atoms. The molecule has 0 bridgehead atoms. The fraction of sp³-hybridized carbons (Fsp3) is 0.600. The van der Waals surface area contributed by atoms with Crippen molar-refractivity contribution < 1.29 is 0 Å². The number of nitrogen functional groups attached to an aromatic ring is 1. The lowest BCUT2D eigenvalue weighted by molar-refractivity contribution is 0.250. The minimum absolute atomic E-state index is 0.525. The van der Waals surface area contributed by atoms with Gasteiger partial charge in [-0.1, -0.05) is 25.5 Å². The van der Waals surface area contributed by atoms with Gasteiger partial charge in [-0.05, 0) is 49.9 Å². The van der Waals surface area contributed by atoms with Crippen molar-refractivity contribution in [1.82, 2.24) is 4.90 Å². The first-order valence-electron chi connectivity index (χ1n) is 6.80. The van der Waals surface area contributed by atoms with Gasteiger partial charge in [0.1, 0.15) is 0 Å². The maximum atomic E-state index is 5.73. The Bertz CT molecular complexity index is 344. The van der Waals surface area contributed by atoms with Crippen LogP contribution in [0.4, 0.5) is 5.69 Å². The molecule has 2 rings (SSSR count). The van der Waals surface area contributed by atoms with Gasteiger partial charge in [-0.25, -0.2) is 0 Å². The molecule has 1 aromatic rings. The van der Waals surface area contributed by atoms with E-state index in [-0.39, 0.29) is 0 Å². The van der Waals surface area contributed by atoms with Crippen molar-refractivity contribution in [2.24, 2.45) is 5.92 Å². The maximum Gasteiger partial charge on any atom is 0.0320 e. The van der Waals surface area contributed by atoms with E-state index in [9.17, 15) is 0 Å². The van der Waals surface area contributed by atoms with E-state index >= 15 is 0 Å². The molecule has 0 radical (unpaired) electrons. The van der Waals surface area contributed by atoms with E-state index < -0.39 is 0 Å². The van der Waals surface area contributed by atoms with Crippen LogP contribution in [0.25, 0.3) is 0 Å². The summed E-state index contributed by atoms with van der Waals surface area (Å²) in [6.45, 7) is 7.10. The summed E-state index contributed by atoms with van der Waals surface area (Å²) in [5, 5.41) is 0. The van der Waals surface area contributed by atoms with E-state index in [1.165, 1.54) is 37.9 Å². The highest BCUT2D eigenvalue weighted by Crippen LogP contribution is 2.29. The van der Waals surface area contributed by atoms with Crippen LogP contribution in [-0.4, -0.2) is 18.0 Å². The molecule has 94 valence electrons. The molecule has 0 aromatic heterocycles. The molecule has 1 aliphatic rings. The number of anilines is 1. The summed E-state index contributed by atoms with van der Waals surface area (Å²) >= 11 is 0. The summed E-state index contributed by atoms with van der Waals surface area (Å²) in [7, 11) is 0. The van der Waals surface area contributed by atoms with Crippen molar-refractivity contribution in [3.63, 3.8) is 0 Å². The molecule has 2 unspecified atom stereocenters. The van der Waals surface area contributed by atoms with Crippen LogP contribution in [0.1, 0.15) is 44.7 Å². The van der Waals surface area contributed by atoms with E-state index in [0.29, 0.717) is 6.04 Å². The fourth-order valence-electron chi connectivity index (χ4n) is 2.84. The molecule has 1 saturated heterocycles. The standard InChI is InChI=1S/C15H24N2/c1-3-4-13-9-10-17(11-13)12(2)14-5-7-15(16)8-6-14/h5-8,12-13H,3-4,9-11,16H2,1-2H3. The summed E-state index contributed by atoms with van der Waals surface area (Å²) in [5.74, 6) is 0.913. The molecule has 0 spiro atoms. The Morgan fingerprint density at radius 2 is 2.06 bits per heavy atom. The van der Waals surface area contributed by atoms with Gasteiger partial charge < -0.3 is 5.73 Å². The summed E-state index contributed by atoms with van der Waals surface area (Å²) in [4.78, 5) is 2.60. The third-order valence-corrected chi connectivity index (χ3v) is 3.98. The number of likely N-dealkylation sites (tertiary alicyclic amines) is 1. The summed E-state index contributed by atoms with van der Waals surface area (Å²) in [6.07, 6.45) is 4.06. The SMILES string of the molecule is CCCC1CCN(C(C)c2ccc(N)cc2)C1. The lowest BCUT2D eigenvalue weighted by Gasteiger charge is -2.24. The third kappa shape index (κ3) is 3.01. The summed E-state index contributed by atoms with van der Waals surface area (Å²) in [5.41, 5.74) is 7.97. The Morgan fingerprint density at radius 3 is 2.71 bits per heavy atom. The Morgan fingerprint density at radius 1 is 1.35 bits per heavy atom. The van der Waals surface area contributed by atoms with Gasteiger partial charge in [0, 0.05) is 18.3 Å². The predicted octanol–water partition coefficient (Wildman–Crippen LogP) is 3.45. The maximum absolute atomic E-state index is 5.73. The highest BCUT2D eigenvalue weighted by atomic mass is 15.2. The average molecular weight is 232 g/mol. The molecule has 1 aliphatic heterocycles. The van der Waals surface area contributed by atoms with Crippen molar-refractivity contribution in [3.05, 3.63) is 29.8 Å². The second kappa shape index (κ2) is 5.54. The molecule has 2 nitrogen and oxygen atoms in total. The van der Waals surface area contributed by atoms with Gasteiger partial charge in [-0.15, -0.1) is 0 Å². The van der Waals surface area contributed by atoms with E-state index in [1.54, 1.807) is 0 Å². The van der Waals surface area contributed by atoms with Crippen LogP contribution in [-0.2, 0) is 0 Å². The van der Waals surface area contributed by atoms with Crippen LogP contribution < -0.4 is 5.73 Å². The average Bonchev–Trinajstić information content (AvgIpc) is 2.78. The van der Waals surface area contributed by atoms with Crippen LogP contribution in [0.2, 0.25) is 0 Å². The molecule has 0 amide bonds. The minimum Gasteiger partial charge on any atom is -0.399 e. The van der Waals surface area contributed by atoms with Gasteiger partial charge in [0.25, 0.3) is 0 Å². The number of nitrogens with two attached hydrogens (primary N) is 1. The zero-order valence-corrected chi connectivity index (χ0v) is 11.0. The molecule has 2 heteroatoms. The molecule has 1 heterocycles. The Kier molecular flexibility index (Phi) is 4.06.